The number of aromatic carboxylic acids is 1. The van der Waals surface area contributed by atoms with E-state index in [-0.39, 0.29) is 5.56 Å². The van der Waals surface area contributed by atoms with Gasteiger partial charge in [-0.15, -0.1) is 0 Å². The van der Waals surface area contributed by atoms with Crippen LogP contribution in [0.25, 0.3) is 11.0 Å². The van der Waals surface area contributed by atoms with Crippen molar-refractivity contribution in [3.63, 3.8) is 0 Å². The largest absolute Gasteiger partial charge is 0.478 e. The predicted octanol–water partition coefficient (Wildman–Crippen LogP) is 1.04. The number of anilines is 1. The van der Waals surface area contributed by atoms with Gasteiger partial charge in [0.05, 0.1) is 16.8 Å². The molecule has 6 heteroatoms. The molecule has 0 bridgehead atoms. The predicted molar refractivity (Wildman–Crippen MR) is 64.5 cm³/mol. The van der Waals surface area contributed by atoms with Gasteiger partial charge in [-0.25, -0.2) is 9.78 Å². The first-order valence-corrected chi connectivity index (χ1v) is 5.16. The number of hydrogen-bond acceptors (Lipinski definition) is 4. The number of rotatable bonds is 2. The number of nitrogens with zero attached hydrogens (tertiary/aromatic N) is 4. The van der Waals surface area contributed by atoms with Gasteiger partial charge >= 0.3 is 5.97 Å². The molecular formula is C11H14N4O2. The molecule has 0 aliphatic heterocycles. The van der Waals surface area contributed by atoms with Gasteiger partial charge in [0, 0.05) is 27.3 Å². The van der Waals surface area contributed by atoms with Gasteiger partial charge in [-0.05, 0) is 6.92 Å². The molecule has 0 saturated heterocycles. The maximum Gasteiger partial charge on any atom is 0.339 e. The number of carboxylic acid groups (broad SMARTS) is 1. The maximum atomic E-state index is 11.2. The maximum absolute atomic E-state index is 11.2. The molecule has 90 valence electrons. The second-order valence-electron chi connectivity index (χ2n) is 4.13. The van der Waals surface area contributed by atoms with Crippen molar-refractivity contribution in [3.8, 4) is 0 Å². The molecule has 17 heavy (non-hydrogen) atoms. The highest BCUT2D eigenvalue weighted by molar-refractivity contribution is 6.04. The number of carboxylic acids is 1. The standard InChI is InChI=1S/C11H14N4O2/c1-6-8-9(14(2)3)7(11(16)17)5-12-10(8)15(4)13-6/h5H,1-4H3,(H,16,17). The minimum absolute atomic E-state index is 0.193. The van der Waals surface area contributed by atoms with Crippen molar-refractivity contribution in [2.24, 2.45) is 7.05 Å². The Morgan fingerprint density at radius 2 is 2.12 bits per heavy atom. The zero-order chi connectivity index (χ0) is 12.7. The van der Waals surface area contributed by atoms with E-state index in [0.717, 1.165) is 11.1 Å². The molecule has 0 aliphatic carbocycles. The Kier molecular flexibility index (Phi) is 2.49. The second kappa shape index (κ2) is 3.73. The van der Waals surface area contributed by atoms with Crippen LogP contribution in [-0.4, -0.2) is 39.9 Å². The van der Waals surface area contributed by atoms with Gasteiger partial charge in [0.2, 0.25) is 0 Å². The molecule has 0 radical (unpaired) electrons. The lowest BCUT2D eigenvalue weighted by Gasteiger charge is -2.16. The molecule has 0 fully saturated rings. The highest BCUT2D eigenvalue weighted by atomic mass is 16.4. The lowest BCUT2D eigenvalue weighted by atomic mass is 10.1. The molecule has 0 spiro atoms. The Bertz CT molecular complexity index is 601. The van der Waals surface area contributed by atoms with Gasteiger partial charge in [-0.1, -0.05) is 0 Å². The van der Waals surface area contributed by atoms with Crippen molar-refractivity contribution in [2.75, 3.05) is 19.0 Å². The van der Waals surface area contributed by atoms with Crippen LogP contribution in [0.5, 0.6) is 0 Å². The van der Waals surface area contributed by atoms with Gasteiger partial charge in [0.1, 0.15) is 5.56 Å². The van der Waals surface area contributed by atoms with Crippen LogP contribution >= 0.6 is 0 Å². The van der Waals surface area contributed by atoms with Crippen LogP contribution < -0.4 is 4.90 Å². The average molecular weight is 234 g/mol. The third-order valence-corrected chi connectivity index (χ3v) is 2.68. The Morgan fingerprint density at radius 3 is 2.65 bits per heavy atom. The molecule has 2 rings (SSSR count). The van der Waals surface area contributed by atoms with Crippen LogP contribution in [0.1, 0.15) is 16.1 Å². The lowest BCUT2D eigenvalue weighted by molar-refractivity contribution is 0.0697. The van der Waals surface area contributed by atoms with E-state index >= 15 is 0 Å². The first kappa shape index (κ1) is 11.4. The van der Waals surface area contributed by atoms with Gasteiger partial charge in [0.15, 0.2) is 5.65 Å². The van der Waals surface area contributed by atoms with E-state index in [9.17, 15) is 9.90 Å². The highest BCUT2D eigenvalue weighted by Gasteiger charge is 2.20. The molecule has 0 amide bonds. The molecule has 2 aromatic rings. The van der Waals surface area contributed by atoms with E-state index in [1.165, 1.54) is 6.20 Å². The SMILES string of the molecule is Cc1nn(C)c2ncc(C(=O)O)c(N(C)C)c12. The molecule has 0 saturated carbocycles. The number of aryl methyl sites for hydroxylation is 2. The summed E-state index contributed by atoms with van der Waals surface area (Å²) in [6.07, 6.45) is 1.38. The molecular weight excluding hydrogens is 220 g/mol. The number of aromatic nitrogens is 3. The summed E-state index contributed by atoms with van der Waals surface area (Å²) in [5, 5.41) is 14.2. The summed E-state index contributed by atoms with van der Waals surface area (Å²) in [6, 6.07) is 0. The quantitative estimate of drug-likeness (QED) is 0.840. The van der Waals surface area contributed by atoms with E-state index in [0.29, 0.717) is 11.3 Å². The third-order valence-electron chi connectivity index (χ3n) is 2.68. The Morgan fingerprint density at radius 1 is 1.47 bits per heavy atom. The average Bonchev–Trinajstić information content (AvgIpc) is 2.53. The lowest BCUT2D eigenvalue weighted by Crippen LogP contribution is -2.15. The zero-order valence-corrected chi connectivity index (χ0v) is 10.2. The summed E-state index contributed by atoms with van der Waals surface area (Å²) < 4.78 is 1.66. The monoisotopic (exact) mass is 234 g/mol. The molecule has 2 heterocycles. The first-order chi connectivity index (χ1) is 7.93. The highest BCUT2D eigenvalue weighted by Crippen LogP contribution is 2.30. The van der Waals surface area contributed by atoms with E-state index in [4.69, 9.17) is 0 Å². The van der Waals surface area contributed by atoms with Crippen molar-refractivity contribution in [1.82, 2.24) is 14.8 Å². The molecule has 2 aromatic heterocycles. The van der Waals surface area contributed by atoms with Gasteiger partial charge in [-0.2, -0.15) is 5.10 Å². The van der Waals surface area contributed by atoms with Crippen LogP contribution in [0.4, 0.5) is 5.69 Å². The van der Waals surface area contributed by atoms with E-state index in [1.807, 2.05) is 21.0 Å². The topological polar surface area (TPSA) is 71.2 Å². The minimum Gasteiger partial charge on any atom is -0.478 e. The minimum atomic E-state index is -0.980. The zero-order valence-electron chi connectivity index (χ0n) is 10.2. The van der Waals surface area contributed by atoms with E-state index in [2.05, 4.69) is 10.1 Å². The van der Waals surface area contributed by atoms with E-state index < -0.39 is 5.97 Å². The van der Waals surface area contributed by atoms with Crippen LogP contribution in [0.15, 0.2) is 6.20 Å². The number of fused-ring (bicyclic) bond motifs is 1. The molecule has 0 aliphatic rings. The van der Waals surface area contributed by atoms with Crippen LogP contribution in [0.3, 0.4) is 0 Å². The van der Waals surface area contributed by atoms with Gasteiger partial charge in [0.25, 0.3) is 0 Å². The van der Waals surface area contributed by atoms with Crippen LogP contribution in [-0.2, 0) is 7.05 Å². The number of pyridine rings is 1. The number of carbonyl (C=O) groups is 1. The molecule has 0 aromatic carbocycles. The van der Waals surface area contributed by atoms with Crippen molar-refractivity contribution < 1.29 is 9.90 Å². The molecule has 1 N–H and O–H groups in total. The van der Waals surface area contributed by atoms with Crippen LogP contribution in [0.2, 0.25) is 0 Å². The van der Waals surface area contributed by atoms with Crippen LogP contribution in [0, 0.1) is 6.92 Å². The summed E-state index contributed by atoms with van der Waals surface area (Å²) in [4.78, 5) is 17.1. The van der Waals surface area contributed by atoms with Crippen molar-refractivity contribution >= 4 is 22.7 Å². The fraction of sp³-hybridized carbons (Fsp3) is 0.364. The van der Waals surface area contributed by atoms with Gasteiger partial charge in [-0.3, -0.25) is 4.68 Å². The Hall–Kier alpha value is -2.11. The summed E-state index contributed by atoms with van der Waals surface area (Å²) in [6.45, 7) is 1.85. The molecule has 6 nitrogen and oxygen atoms in total. The first-order valence-electron chi connectivity index (χ1n) is 5.16. The Labute approximate surface area is 98.5 Å². The second-order valence-corrected chi connectivity index (χ2v) is 4.13. The summed E-state index contributed by atoms with van der Waals surface area (Å²) in [5.74, 6) is -0.980. The normalized spacial score (nSPS) is 10.8. The molecule has 0 unspecified atom stereocenters. The smallest absolute Gasteiger partial charge is 0.339 e. The number of hydrogen-bond donors (Lipinski definition) is 1. The van der Waals surface area contributed by atoms with Crippen molar-refractivity contribution in [3.05, 3.63) is 17.5 Å². The Balaban J connectivity index is 2.93. The molecule has 0 atom stereocenters. The fourth-order valence-electron chi connectivity index (χ4n) is 2.01. The summed E-state index contributed by atoms with van der Waals surface area (Å²) in [7, 11) is 5.42. The van der Waals surface area contributed by atoms with Gasteiger partial charge < -0.3 is 10.0 Å². The summed E-state index contributed by atoms with van der Waals surface area (Å²) >= 11 is 0. The van der Waals surface area contributed by atoms with Crippen molar-refractivity contribution in [1.29, 1.82) is 0 Å². The van der Waals surface area contributed by atoms with Crippen molar-refractivity contribution in [2.45, 2.75) is 6.92 Å². The van der Waals surface area contributed by atoms with E-state index in [1.54, 1.807) is 16.6 Å². The fourth-order valence-corrected chi connectivity index (χ4v) is 2.01. The summed E-state index contributed by atoms with van der Waals surface area (Å²) in [5.41, 5.74) is 2.31. The third kappa shape index (κ3) is 1.61.